The number of nitrogens with one attached hydrogen (secondary N) is 1. The van der Waals surface area contributed by atoms with Gasteiger partial charge in [-0.25, -0.2) is 4.98 Å². The van der Waals surface area contributed by atoms with E-state index in [-0.39, 0.29) is 0 Å². The third-order valence-electron chi connectivity index (χ3n) is 5.58. The van der Waals surface area contributed by atoms with E-state index in [9.17, 15) is 5.26 Å². The number of aromatic nitrogens is 5. The minimum absolute atomic E-state index is 0.365. The molecule has 0 atom stereocenters. The van der Waals surface area contributed by atoms with Crippen LogP contribution < -0.4 is 10.1 Å². The maximum atomic E-state index is 9.66. The summed E-state index contributed by atoms with van der Waals surface area (Å²) in [6, 6.07) is 21.7. The number of methoxy groups -OCH3 is 1. The molecule has 0 aliphatic heterocycles. The molecule has 0 aliphatic carbocycles. The first-order valence-electron chi connectivity index (χ1n) is 10.7. The Labute approximate surface area is 196 Å². The Morgan fingerprint density at radius 1 is 1.00 bits per heavy atom. The second kappa shape index (κ2) is 8.64. The minimum atomic E-state index is 0.365. The fourth-order valence-corrected chi connectivity index (χ4v) is 3.77. The van der Waals surface area contributed by atoms with Gasteiger partial charge in [0, 0.05) is 10.9 Å². The number of rotatable bonds is 5. The summed E-state index contributed by atoms with van der Waals surface area (Å²) in [4.78, 5) is 4.78. The first-order valence-corrected chi connectivity index (χ1v) is 10.7. The number of aryl methyl sites for hydroxylation is 2. The van der Waals surface area contributed by atoms with Crippen molar-refractivity contribution < 1.29 is 4.74 Å². The van der Waals surface area contributed by atoms with Crippen LogP contribution in [0.2, 0.25) is 0 Å². The predicted octanol–water partition coefficient (Wildman–Crippen LogP) is 5.12. The molecule has 0 spiro atoms. The van der Waals surface area contributed by atoms with Crippen LogP contribution in [0, 0.1) is 25.2 Å². The monoisotopic (exact) mass is 447 g/mol. The molecule has 1 N–H and O–H groups in total. The van der Waals surface area contributed by atoms with Crippen LogP contribution in [0.15, 0.2) is 66.9 Å². The second-order valence-corrected chi connectivity index (χ2v) is 7.88. The van der Waals surface area contributed by atoms with Crippen LogP contribution in [0.25, 0.3) is 28.0 Å². The molecule has 8 heteroatoms. The van der Waals surface area contributed by atoms with Crippen LogP contribution in [0.3, 0.4) is 0 Å². The van der Waals surface area contributed by atoms with Crippen molar-refractivity contribution in [3.63, 3.8) is 0 Å². The number of anilines is 2. The summed E-state index contributed by atoms with van der Waals surface area (Å²) < 4.78 is 7.09. The Bertz CT molecular complexity index is 1530. The Balaban J connectivity index is 1.53. The zero-order valence-electron chi connectivity index (χ0n) is 18.9. The quantitative estimate of drug-likeness (QED) is 0.399. The topological polar surface area (TPSA) is 102 Å². The van der Waals surface area contributed by atoms with E-state index in [1.807, 2.05) is 74.5 Å². The predicted molar refractivity (Wildman–Crippen MR) is 130 cm³/mol. The van der Waals surface area contributed by atoms with Gasteiger partial charge in [0.05, 0.1) is 19.0 Å². The molecule has 0 unspecified atom stereocenters. The van der Waals surface area contributed by atoms with Crippen LogP contribution in [-0.2, 0) is 0 Å². The average Bonchev–Trinajstić information content (AvgIpc) is 3.27. The van der Waals surface area contributed by atoms with Gasteiger partial charge in [0.2, 0.25) is 0 Å². The fraction of sp³-hybridized carbons (Fsp3) is 0.115. The Morgan fingerprint density at radius 2 is 1.82 bits per heavy atom. The van der Waals surface area contributed by atoms with Crippen molar-refractivity contribution in [2.24, 2.45) is 0 Å². The van der Waals surface area contributed by atoms with Crippen molar-refractivity contribution in [3.8, 4) is 28.9 Å². The molecule has 3 heterocycles. The molecule has 0 fully saturated rings. The number of hydrogen-bond donors (Lipinski definition) is 1. The number of nitrogens with zero attached hydrogens (tertiary/aromatic N) is 6. The normalized spacial score (nSPS) is 10.8. The van der Waals surface area contributed by atoms with E-state index < -0.39 is 0 Å². The summed E-state index contributed by atoms with van der Waals surface area (Å²) in [5, 5.41) is 26.9. The molecular formula is C26H21N7O. The average molecular weight is 448 g/mol. The Hall–Kier alpha value is -4.77. The fourth-order valence-electron chi connectivity index (χ4n) is 3.77. The van der Waals surface area contributed by atoms with Gasteiger partial charge in [-0.2, -0.15) is 15.0 Å². The molecule has 166 valence electrons. The van der Waals surface area contributed by atoms with Gasteiger partial charge in [-0.05, 0) is 43.7 Å². The zero-order valence-corrected chi connectivity index (χ0v) is 18.9. The van der Waals surface area contributed by atoms with Gasteiger partial charge < -0.3 is 10.1 Å². The number of fused-ring (bicyclic) bond motifs is 1. The lowest BCUT2D eigenvalue weighted by atomic mass is 10.1. The van der Waals surface area contributed by atoms with Crippen LogP contribution in [-0.4, -0.2) is 32.1 Å². The maximum Gasteiger partial charge on any atom is 0.156 e. The van der Waals surface area contributed by atoms with Crippen LogP contribution in [0.5, 0.6) is 5.75 Å². The molecule has 5 rings (SSSR count). The first kappa shape index (κ1) is 21.1. The molecule has 0 amide bonds. The standard InChI is InChI=1S/C26H21N7O/c1-16-7-9-18(10-8-16)21-11-12-23(32-31-21)29-26-19(14-27)15-28-33(26)24-13-17(2)20-5-4-6-22(34-3)25(20)30-24/h4-13,15H,1-3H3,(H,29,32). The van der Waals surface area contributed by atoms with E-state index in [4.69, 9.17) is 9.72 Å². The highest BCUT2D eigenvalue weighted by Gasteiger charge is 2.17. The molecule has 0 saturated heterocycles. The van der Waals surface area contributed by atoms with Crippen molar-refractivity contribution in [2.75, 3.05) is 12.4 Å². The summed E-state index contributed by atoms with van der Waals surface area (Å²) in [5.74, 6) is 2.18. The smallest absolute Gasteiger partial charge is 0.156 e. The van der Waals surface area contributed by atoms with E-state index in [1.54, 1.807) is 11.8 Å². The summed E-state index contributed by atoms with van der Waals surface area (Å²) in [7, 11) is 1.62. The van der Waals surface area contributed by atoms with Crippen molar-refractivity contribution >= 4 is 22.5 Å². The highest BCUT2D eigenvalue weighted by molar-refractivity contribution is 5.88. The SMILES string of the molecule is COc1cccc2c(C)cc(-n3ncc(C#N)c3Nc3ccc(-c4ccc(C)cc4)nn3)nc12. The van der Waals surface area contributed by atoms with E-state index in [0.29, 0.717) is 28.8 Å². The number of pyridine rings is 1. The molecule has 2 aromatic carbocycles. The van der Waals surface area contributed by atoms with Crippen LogP contribution in [0.4, 0.5) is 11.6 Å². The number of para-hydroxylation sites is 1. The molecule has 0 aliphatic rings. The van der Waals surface area contributed by atoms with E-state index >= 15 is 0 Å². The van der Waals surface area contributed by atoms with Gasteiger partial charge >= 0.3 is 0 Å². The maximum absolute atomic E-state index is 9.66. The van der Waals surface area contributed by atoms with Gasteiger partial charge in [-0.15, -0.1) is 10.2 Å². The largest absolute Gasteiger partial charge is 0.494 e. The number of nitriles is 1. The Morgan fingerprint density at radius 3 is 2.53 bits per heavy atom. The zero-order chi connectivity index (χ0) is 23.7. The highest BCUT2D eigenvalue weighted by Crippen LogP contribution is 2.30. The van der Waals surface area contributed by atoms with Crippen LogP contribution in [0.1, 0.15) is 16.7 Å². The van der Waals surface area contributed by atoms with Gasteiger partial charge in [0.25, 0.3) is 0 Å². The molecule has 34 heavy (non-hydrogen) atoms. The summed E-state index contributed by atoms with van der Waals surface area (Å²) in [5.41, 5.74) is 5.03. The van der Waals surface area contributed by atoms with E-state index in [2.05, 4.69) is 26.7 Å². The van der Waals surface area contributed by atoms with Gasteiger partial charge in [0.1, 0.15) is 22.9 Å². The van der Waals surface area contributed by atoms with Gasteiger partial charge in [-0.1, -0.05) is 42.0 Å². The summed E-state index contributed by atoms with van der Waals surface area (Å²) in [6.07, 6.45) is 1.50. The molecule has 8 nitrogen and oxygen atoms in total. The van der Waals surface area contributed by atoms with E-state index in [1.165, 1.54) is 11.8 Å². The summed E-state index contributed by atoms with van der Waals surface area (Å²) >= 11 is 0. The third-order valence-corrected chi connectivity index (χ3v) is 5.58. The summed E-state index contributed by atoms with van der Waals surface area (Å²) in [6.45, 7) is 4.05. The van der Waals surface area contributed by atoms with Crippen molar-refractivity contribution in [1.82, 2.24) is 25.0 Å². The lowest BCUT2D eigenvalue weighted by molar-refractivity contribution is 0.419. The molecule has 3 aromatic heterocycles. The number of ether oxygens (including phenoxy) is 1. The molecule has 0 radical (unpaired) electrons. The van der Waals surface area contributed by atoms with E-state index in [0.717, 1.165) is 27.7 Å². The third kappa shape index (κ3) is 3.80. The highest BCUT2D eigenvalue weighted by atomic mass is 16.5. The molecular weight excluding hydrogens is 426 g/mol. The van der Waals surface area contributed by atoms with Crippen molar-refractivity contribution in [3.05, 3.63) is 83.6 Å². The van der Waals surface area contributed by atoms with Crippen LogP contribution >= 0.6 is 0 Å². The molecule has 0 bridgehead atoms. The second-order valence-electron chi connectivity index (χ2n) is 7.88. The minimum Gasteiger partial charge on any atom is -0.494 e. The van der Waals surface area contributed by atoms with Crippen molar-refractivity contribution in [1.29, 1.82) is 5.26 Å². The van der Waals surface area contributed by atoms with Gasteiger partial charge in [-0.3, -0.25) is 0 Å². The number of benzene rings is 2. The first-order chi connectivity index (χ1) is 16.6. The Kier molecular flexibility index (Phi) is 5.36. The molecule has 0 saturated carbocycles. The lowest BCUT2D eigenvalue weighted by Gasteiger charge is -2.12. The van der Waals surface area contributed by atoms with Crippen molar-refractivity contribution in [2.45, 2.75) is 13.8 Å². The van der Waals surface area contributed by atoms with Gasteiger partial charge in [0.15, 0.2) is 17.5 Å². The number of hydrogen-bond acceptors (Lipinski definition) is 7. The molecule has 5 aromatic rings. The lowest BCUT2D eigenvalue weighted by Crippen LogP contribution is -2.07.